The maximum atomic E-state index is 12.7. The van der Waals surface area contributed by atoms with E-state index < -0.39 is 0 Å². The molecule has 0 saturated carbocycles. The van der Waals surface area contributed by atoms with E-state index in [0.717, 1.165) is 21.6 Å². The number of benzene rings is 2. The molecule has 0 fully saturated rings. The van der Waals surface area contributed by atoms with E-state index in [0.29, 0.717) is 36.0 Å². The summed E-state index contributed by atoms with van der Waals surface area (Å²) in [6, 6.07) is 15.6. The molecule has 0 saturated heterocycles. The highest BCUT2D eigenvalue weighted by atomic mass is 32.1. The predicted molar refractivity (Wildman–Crippen MR) is 115 cm³/mol. The average molecular weight is 421 g/mol. The first-order chi connectivity index (χ1) is 14.7. The van der Waals surface area contributed by atoms with Crippen LogP contribution in [0.25, 0.3) is 21.6 Å². The molecule has 0 atom stereocenters. The summed E-state index contributed by atoms with van der Waals surface area (Å²) >= 11 is 1.45. The molecule has 0 unspecified atom stereocenters. The minimum absolute atomic E-state index is 0.194. The fourth-order valence-corrected chi connectivity index (χ4v) is 4.30. The van der Waals surface area contributed by atoms with Gasteiger partial charge in [0.15, 0.2) is 11.5 Å². The third-order valence-electron chi connectivity index (χ3n) is 4.92. The van der Waals surface area contributed by atoms with Gasteiger partial charge in [-0.05, 0) is 24.3 Å². The van der Waals surface area contributed by atoms with E-state index in [2.05, 4.69) is 33.1 Å². The van der Waals surface area contributed by atoms with Crippen molar-refractivity contribution in [2.24, 2.45) is 0 Å². The third-order valence-corrected chi connectivity index (χ3v) is 5.78. The van der Waals surface area contributed by atoms with Crippen LogP contribution in [0.3, 0.4) is 0 Å². The Morgan fingerprint density at radius 1 is 1.20 bits per heavy atom. The van der Waals surface area contributed by atoms with Gasteiger partial charge in [-0.25, -0.2) is 4.98 Å². The number of nitrogens with one attached hydrogen (secondary N) is 1. The number of rotatable bonds is 6. The number of carbonyl (C=O) groups is 1. The summed E-state index contributed by atoms with van der Waals surface area (Å²) in [4.78, 5) is 17.3. The highest BCUT2D eigenvalue weighted by molar-refractivity contribution is 7.13. The van der Waals surface area contributed by atoms with Crippen molar-refractivity contribution in [1.82, 2.24) is 9.55 Å². The highest BCUT2D eigenvalue weighted by Crippen LogP contribution is 2.35. The Bertz CT molecular complexity index is 1230. The van der Waals surface area contributed by atoms with Crippen molar-refractivity contribution in [3.8, 4) is 22.2 Å². The van der Waals surface area contributed by atoms with E-state index in [9.17, 15) is 4.79 Å². The van der Waals surface area contributed by atoms with Crippen LogP contribution in [-0.4, -0.2) is 36.0 Å². The molecule has 8 heteroatoms. The standard InChI is InChI=1S/C22H19N3O4S/c1-27-9-8-25-17-5-3-2-4-14(17)10-18(25)22-24-16(12-30-22)21(26)23-15-6-7-19-20(11-15)29-13-28-19/h2-7,10-12H,8-9,13H2,1H3,(H,23,26). The number of fused-ring (bicyclic) bond motifs is 2. The molecular weight excluding hydrogens is 402 g/mol. The molecule has 1 amide bonds. The first-order valence-corrected chi connectivity index (χ1v) is 10.3. The number of thiazole rings is 1. The van der Waals surface area contributed by atoms with Crippen LogP contribution in [0.15, 0.2) is 53.9 Å². The summed E-state index contributed by atoms with van der Waals surface area (Å²) < 4.78 is 18.1. The Morgan fingerprint density at radius 2 is 2.07 bits per heavy atom. The van der Waals surface area contributed by atoms with E-state index in [1.165, 1.54) is 11.3 Å². The second-order valence-electron chi connectivity index (χ2n) is 6.79. The lowest BCUT2D eigenvalue weighted by molar-refractivity contribution is 0.102. The molecule has 152 valence electrons. The number of hydrogen-bond acceptors (Lipinski definition) is 6. The molecule has 0 spiro atoms. The van der Waals surface area contributed by atoms with Gasteiger partial charge < -0.3 is 24.1 Å². The van der Waals surface area contributed by atoms with Crippen LogP contribution in [-0.2, 0) is 11.3 Å². The second-order valence-corrected chi connectivity index (χ2v) is 7.65. The van der Waals surface area contributed by atoms with E-state index in [1.54, 1.807) is 30.7 Å². The fourth-order valence-electron chi connectivity index (χ4n) is 3.48. The van der Waals surface area contributed by atoms with Gasteiger partial charge in [-0.3, -0.25) is 4.79 Å². The molecule has 5 rings (SSSR count). The molecule has 4 aromatic rings. The molecule has 1 aliphatic rings. The molecular formula is C22H19N3O4S. The summed E-state index contributed by atoms with van der Waals surface area (Å²) in [5.41, 5.74) is 3.09. The number of amides is 1. The van der Waals surface area contributed by atoms with E-state index in [1.807, 2.05) is 12.1 Å². The number of aromatic nitrogens is 2. The second kappa shape index (κ2) is 7.81. The number of anilines is 1. The normalized spacial score (nSPS) is 12.4. The van der Waals surface area contributed by atoms with Gasteiger partial charge >= 0.3 is 0 Å². The summed E-state index contributed by atoms with van der Waals surface area (Å²) in [6.45, 7) is 1.49. The van der Waals surface area contributed by atoms with E-state index in [-0.39, 0.29) is 12.7 Å². The number of hydrogen-bond donors (Lipinski definition) is 1. The topological polar surface area (TPSA) is 74.6 Å². The average Bonchev–Trinajstić information content (AvgIpc) is 3.49. The van der Waals surface area contributed by atoms with Gasteiger partial charge in [0.05, 0.1) is 12.3 Å². The van der Waals surface area contributed by atoms with Gasteiger partial charge in [0.25, 0.3) is 5.91 Å². The van der Waals surface area contributed by atoms with Crippen molar-refractivity contribution < 1.29 is 19.0 Å². The summed E-state index contributed by atoms with van der Waals surface area (Å²) in [5, 5.41) is 6.56. The van der Waals surface area contributed by atoms with Crippen LogP contribution in [0.2, 0.25) is 0 Å². The largest absolute Gasteiger partial charge is 0.454 e. The van der Waals surface area contributed by atoms with Crippen molar-refractivity contribution >= 4 is 33.8 Å². The molecule has 2 aromatic heterocycles. The Labute approximate surface area is 176 Å². The molecule has 1 aliphatic heterocycles. The summed E-state index contributed by atoms with van der Waals surface area (Å²) in [7, 11) is 1.69. The van der Waals surface area contributed by atoms with Gasteiger partial charge in [0.2, 0.25) is 6.79 Å². The monoisotopic (exact) mass is 421 g/mol. The molecule has 30 heavy (non-hydrogen) atoms. The number of nitrogens with zero attached hydrogens (tertiary/aromatic N) is 2. The van der Waals surface area contributed by atoms with Crippen molar-refractivity contribution in [2.75, 3.05) is 25.8 Å². The molecule has 0 bridgehead atoms. The van der Waals surface area contributed by atoms with Gasteiger partial charge in [-0.1, -0.05) is 18.2 Å². The predicted octanol–water partition coefficient (Wildman–Crippen LogP) is 4.39. The Hall–Kier alpha value is -3.36. The molecule has 0 radical (unpaired) electrons. The zero-order valence-electron chi connectivity index (χ0n) is 16.3. The molecule has 7 nitrogen and oxygen atoms in total. The lowest BCUT2D eigenvalue weighted by Crippen LogP contribution is -2.12. The van der Waals surface area contributed by atoms with Crippen molar-refractivity contribution in [2.45, 2.75) is 6.54 Å². The van der Waals surface area contributed by atoms with E-state index in [4.69, 9.17) is 14.2 Å². The van der Waals surface area contributed by atoms with Crippen molar-refractivity contribution in [3.63, 3.8) is 0 Å². The number of para-hydroxylation sites is 1. The van der Waals surface area contributed by atoms with Crippen LogP contribution < -0.4 is 14.8 Å². The van der Waals surface area contributed by atoms with Gasteiger partial charge in [-0.15, -0.1) is 11.3 Å². The zero-order valence-corrected chi connectivity index (χ0v) is 17.1. The number of methoxy groups -OCH3 is 1. The number of ether oxygens (including phenoxy) is 3. The maximum Gasteiger partial charge on any atom is 0.275 e. The third kappa shape index (κ3) is 3.40. The summed E-state index contributed by atoms with van der Waals surface area (Å²) in [6.07, 6.45) is 0. The van der Waals surface area contributed by atoms with Crippen molar-refractivity contribution in [1.29, 1.82) is 0 Å². The van der Waals surface area contributed by atoms with E-state index >= 15 is 0 Å². The highest BCUT2D eigenvalue weighted by Gasteiger charge is 2.18. The SMILES string of the molecule is COCCn1c(-c2nc(C(=O)Nc3ccc4c(c3)OCO4)cs2)cc2ccccc21. The first kappa shape index (κ1) is 18.7. The molecule has 3 heterocycles. The number of carbonyl (C=O) groups excluding carboxylic acids is 1. The van der Waals surface area contributed by atoms with Crippen LogP contribution in [0.4, 0.5) is 5.69 Å². The quantitative estimate of drug-likeness (QED) is 0.500. The smallest absolute Gasteiger partial charge is 0.275 e. The van der Waals surface area contributed by atoms with Crippen LogP contribution in [0, 0.1) is 0 Å². The maximum absolute atomic E-state index is 12.7. The molecule has 1 N–H and O–H groups in total. The minimum atomic E-state index is -0.268. The fraction of sp³-hybridized carbons (Fsp3) is 0.182. The molecule has 0 aliphatic carbocycles. The lowest BCUT2D eigenvalue weighted by Gasteiger charge is -2.08. The van der Waals surface area contributed by atoms with Crippen molar-refractivity contribution in [3.05, 3.63) is 59.6 Å². The first-order valence-electron chi connectivity index (χ1n) is 9.47. The minimum Gasteiger partial charge on any atom is -0.454 e. The van der Waals surface area contributed by atoms with Crippen LogP contribution in [0.5, 0.6) is 11.5 Å². The Balaban J connectivity index is 1.42. The zero-order chi connectivity index (χ0) is 20.5. The lowest BCUT2D eigenvalue weighted by atomic mass is 10.2. The Kier molecular flexibility index (Phi) is 4.86. The Morgan fingerprint density at radius 3 is 2.97 bits per heavy atom. The van der Waals surface area contributed by atoms with Crippen LogP contribution in [0.1, 0.15) is 10.5 Å². The van der Waals surface area contributed by atoms with Gasteiger partial charge in [0.1, 0.15) is 10.7 Å². The van der Waals surface area contributed by atoms with Crippen LogP contribution >= 0.6 is 11.3 Å². The van der Waals surface area contributed by atoms with Gasteiger partial charge in [-0.2, -0.15) is 0 Å². The van der Waals surface area contributed by atoms with Gasteiger partial charge in [0, 0.05) is 41.7 Å². The molecule has 2 aromatic carbocycles. The summed E-state index contributed by atoms with van der Waals surface area (Å²) in [5.74, 6) is 1.03.